The summed E-state index contributed by atoms with van der Waals surface area (Å²) in [7, 11) is 0. The van der Waals surface area contributed by atoms with E-state index in [4.69, 9.17) is 0 Å². The number of aromatic nitrogens is 4. The number of allylic oxidation sites excluding steroid dienone is 1. The summed E-state index contributed by atoms with van der Waals surface area (Å²) in [5.41, 5.74) is 1.39. The summed E-state index contributed by atoms with van der Waals surface area (Å²) < 4.78 is 15.7. The van der Waals surface area contributed by atoms with E-state index in [1.54, 1.807) is 24.4 Å². The number of pyridine rings is 1. The van der Waals surface area contributed by atoms with Crippen molar-refractivity contribution in [1.29, 1.82) is 0 Å². The van der Waals surface area contributed by atoms with Gasteiger partial charge in [0.2, 0.25) is 0 Å². The van der Waals surface area contributed by atoms with Gasteiger partial charge in [-0.1, -0.05) is 42.1 Å². The molecule has 2 heterocycles. The van der Waals surface area contributed by atoms with Gasteiger partial charge in [0.25, 0.3) is 0 Å². The lowest BCUT2D eigenvalue weighted by atomic mass is 10.2. The highest BCUT2D eigenvalue weighted by Crippen LogP contribution is 2.26. The van der Waals surface area contributed by atoms with Crippen molar-refractivity contribution in [2.75, 3.05) is 0 Å². The van der Waals surface area contributed by atoms with E-state index in [1.807, 2.05) is 28.8 Å². The molecule has 1 aromatic carbocycles. The van der Waals surface area contributed by atoms with Crippen LogP contribution in [-0.2, 0) is 12.3 Å². The van der Waals surface area contributed by atoms with Crippen LogP contribution in [0.3, 0.4) is 0 Å². The van der Waals surface area contributed by atoms with Crippen molar-refractivity contribution in [3.8, 4) is 11.5 Å². The lowest BCUT2D eigenvalue weighted by molar-refractivity contribution is 0.617. The Morgan fingerprint density at radius 2 is 1.96 bits per heavy atom. The predicted octanol–water partition coefficient (Wildman–Crippen LogP) is 3.96. The Kier molecular flexibility index (Phi) is 4.83. The van der Waals surface area contributed by atoms with Gasteiger partial charge in [-0.05, 0) is 23.8 Å². The van der Waals surface area contributed by atoms with E-state index in [-0.39, 0.29) is 5.82 Å². The topological polar surface area (TPSA) is 43.6 Å². The fraction of sp³-hybridized carbons (Fsp3) is 0.118. The summed E-state index contributed by atoms with van der Waals surface area (Å²) in [6.07, 6.45) is 3.50. The van der Waals surface area contributed by atoms with E-state index >= 15 is 0 Å². The zero-order valence-corrected chi connectivity index (χ0v) is 13.2. The van der Waals surface area contributed by atoms with Crippen molar-refractivity contribution in [1.82, 2.24) is 19.7 Å². The lowest BCUT2D eigenvalue weighted by Crippen LogP contribution is -2.01. The summed E-state index contributed by atoms with van der Waals surface area (Å²) in [5.74, 6) is 0.964. The van der Waals surface area contributed by atoms with Gasteiger partial charge < -0.3 is 0 Å². The summed E-state index contributed by atoms with van der Waals surface area (Å²) in [6.45, 7) is 4.35. The molecule has 0 bridgehead atoms. The highest BCUT2D eigenvalue weighted by atomic mass is 32.2. The predicted molar refractivity (Wildman–Crippen MR) is 89.4 cm³/mol. The summed E-state index contributed by atoms with van der Waals surface area (Å²) >= 11 is 1.44. The fourth-order valence-electron chi connectivity index (χ4n) is 2.13. The highest BCUT2D eigenvalue weighted by Gasteiger charge is 2.14. The largest absolute Gasteiger partial charge is 0.297 e. The summed E-state index contributed by atoms with van der Waals surface area (Å²) in [6, 6.07) is 12.4. The van der Waals surface area contributed by atoms with Gasteiger partial charge in [-0.15, -0.1) is 16.8 Å². The van der Waals surface area contributed by atoms with E-state index in [2.05, 4.69) is 21.8 Å². The van der Waals surface area contributed by atoms with E-state index < -0.39 is 0 Å². The van der Waals surface area contributed by atoms with Gasteiger partial charge in [0.05, 0.1) is 0 Å². The quantitative estimate of drug-likeness (QED) is 0.508. The molecule has 0 radical (unpaired) electrons. The summed E-state index contributed by atoms with van der Waals surface area (Å²) in [4.78, 5) is 4.31. The minimum absolute atomic E-state index is 0.209. The maximum Gasteiger partial charge on any atom is 0.192 e. The molecule has 0 saturated heterocycles. The Hall–Kier alpha value is -2.47. The molecule has 0 unspecified atom stereocenters. The second-order valence-corrected chi connectivity index (χ2v) is 5.74. The first kappa shape index (κ1) is 15.4. The molecule has 6 heteroatoms. The van der Waals surface area contributed by atoms with Crippen molar-refractivity contribution in [2.45, 2.75) is 17.5 Å². The average molecular weight is 326 g/mol. The Balaban J connectivity index is 1.86. The van der Waals surface area contributed by atoms with Crippen LogP contribution in [0.5, 0.6) is 0 Å². The number of rotatable bonds is 6. The molecule has 0 atom stereocenters. The molecule has 3 aromatic rings. The van der Waals surface area contributed by atoms with Gasteiger partial charge in [0.15, 0.2) is 11.0 Å². The molecule has 0 aliphatic heterocycles. The second kappa shape index (κ2) is 7.19. The molecule has 23 heavy (non-hydrogen) atoms. The van der Waals surface area contributed by atoms with Gasteiger partial charge in [-0.2, -0.15) is 0 Å². The molecule has 3 rings (SSSR count). The first-order valence-electron chi connectivity index (χ1n) is 7.11. The van der Waals surface area contributed by atoms with Crippen LogP contribution in [0.4, 0.5) is 4.39 Å². The SMILES string of the molecule is C=CCn1c(SCc2ccccc2F)nnc1-c1ccccn1. The van der Waals surface area contributed by atoms with Crippen molar-refractivity contribution < 1.29 is 4.39 Å². The first-order valence-corrected chi connectivity index (χ1v) is 8.10. The molecule has 116 valence electrons. The molecule has 2 aromatic heterocycles. The van der Waals surface area contributed by atoms with Crippen LogP contribution in [0.25, 0.3) is 11.5 Å². The molecule has 0 fully saturated rings. The third-order valence-electron chi connectivity index (χ3n) is 3.24. The minimum Gasteiger partial charge on any atom is -0.297 e. The van der Waals surface area contributed by atoms with Crippen LogP contribution in [0, 0.1) is 5.82 Å². The zero-order valence-electron chi connectivity index (χ0n) is 12.4. The van der Waals surface area contributed by atoms with Crippen LogP contribution in [0.15, 0.2) is 66.5 Å². The Bertz CT molecular complexity index is 801. The normalized spacial score (nSPS) is 10.7. The van der Waals surface area contributed by atoms with Gasteiger partial charge in [-0.3, -0.25) is 9.55 Å². The second-order valence-electron chi connectivity index (χ2n) is 4.80. The van der Waals surface area contributed by atoms with Gasteiger partial charge in [0, 0.05) is 18.5 Å². The van der Waals surface area contributed by atoms with Crippen molar-refractivity contribution in [2.24, 2.45) is 0 Å². The van der Waals surface area contributed by atoms with Crippen LogP contribution < -0.4 is 0 Å². The van der Waals surface area contributed by atoms with Crippen LogP contribution in [0.2, 0.25) is 0 Å². The lowest BCUT2D eigenvalue weighted by Gasteiger charge is -2.07. The number of hydrogen-bond acceptors (Lipinski definition) is 4. The summed E-state index contributed by atoms with van der Waals surface area (Å²) in [5, 5.41) is 9.17. The maximum atomic E-state index is 13.7. The number of halogens is 1. The van der Waals surface area contributed by atoms with Gasteiger partial charge in [-0.25, -0.2) is 4.39 Å². The molecule has 0 amide bonds. The van der Waals surface area contributed by atoms with Crippen molar-refractivity contribution in [3.05, 3.63) is 72.7 Å². The van der Waals surface area contributed by atoms with Gasteiger partial charge in [0.1, 0.15) is 11.5 Å². The standard InChI is InChI=1S/C17H15FN4S/c1-2-11-22-16(15-9-5-6-10-19-15)20-21-17(22)23-12-13-7-3-4-8-14(13)18/h2-10H,1,11-12H2. The zero-order chi connectivity index (χ0) is 16.1. The molecule has 0 aliphatic rings. The van der Waals surface area contributed by atoms with E-state index in [9.17, 15) is 4.39 Å². The van der Waals surface area contributed by atoms with E-state index in [0.717, 1.165) is 5.69 Å². The molecule has 0 aliphatic carbocycles. The van der Waals surface area contributed by atoms with Crippen LogP contribution in [0.1, 0.15) is 5.56 Å². The number of nitrogens with zero attached hydrogens (tertiary/aromatic N) is 4. The van der Waals surface area contributed by atoms with Crippen molar-refractivity contribution >= 4 is 11.8 Å². The first-order chi connectivity index (χ1) is 11.3. The monoisotopic (exact) mass is 326 g/mol. The Morgan fingerprint density at radius 3 is 2.70 bits per heavy atom. The van der Waals surface area contributed by atoms with Crippen molar-refractivity contribution in [3.63, 3.8) is 0 Å². The van der Waals surface area contributed by atoms with Gasteiger partial charge >= 0.3 is 0 Å². The molecule has 0 saturated carbocycles. The highest BCUT2D eigenvalue weighted by molar-refractivity contribution is 7.98. The molecule has 4 nitrogen and oxygen atoms in total. The van der Waals surface area contributed by atoms with Crippen LogP contribution in [-0.4, -0.2) is 19.7 Å². The molecular formula is C17H15FN4S. The Labute approximate surface area is 138 Å². The molecular weight excluding hydrogens is 311 g/mol. The third kappa shape index (κ3) is 3.48. The number of hydrogen-bond donors (Lipinski definition) is 0. The van der Waals surface area contributed by atoms with E-state index in [0.29, 0.717) is 28.8 Å². The Morgan fingerprint density at radius 1 is 1.13 bits per heavy atom. The van der Waals surface area contributed by atoms with E-state index in [1.165, 1.54) is 17.8 Å². The maximum absolute atomic E-state index is 13.7. The minimum atomic E-state index is -0.209. The number of thioether (sulfide) groups is 1. The smallest absolute Gasteiger partial charge is 0.192 e. The third-order valence-corrected chi connectivity index (χ3v) is 4.25. The average Bonchev–Trinajstić information content (AvgIpc) is 2.98. The number of benzene rings is 1. The molecule has 0 spiro atoms. The molecule has 0 N–H and O–H groups in total. The van der Waals surface area contributed by atoms with Crippen LogP contribution >= 0.6 is 11.8 Å². The fourth-order valence-corrected chi connectivity index (χ4v) is 3.07.